The molecule has 102 valence electrons. The predicted molar refractivity (Wildman–Crippen MR) is 72.9 cm³/mol. The minimum Gasteiger partial charge on any atom is -0.493 e. The van der Waals surface area contributed by atoms with Gasteiger partial charge in [0.05, 0.1) is 25.0 Å². The van der Waals surface area contributed by atoms with Crippen molar-refractivity contribution in [2.45, 2.75) is 12.1 Å². The molecule has 0 saturated heterocycles. The average Bonchev–Trinajstić information content (AvgIpc) is 2.81. The molecule has 1 aromatic carbocycles. The minimum atomic E-state index is -0.352. The molecule has 0 saturated carbocycles. The van der Waals surface area contributed by atoms with Gasteiger partial charge in [-0.3, -0.25) is 4.68 Å². The van der Waals surface area contributed by atoms with E-state index in [0.29, 0.717) is 5.75 Å². The van der Waals surface area contributed by atoms with Gasteiger partial charge in [-0.15, -0.1) is 0 Å². The Bertz CT molecular complexity index is 525. The maximum absolute atomic E-state index is 6.34. The largest absolute Gasteiger partial charge is 0.493 e. The lowest BCUT2D eigenvalue weighted by molar-refractivity contribution is 0.0770. The second-order valence-corrected chi connectivity index (χ2v) is 4.31. The third-order valence-electron chi connectivity index (χ3n) is 3.19. The molecule has 0 amide bonds. The van der Waals surface area contributed by atoms with E-state index in [4.69, 9.17) is 15.2 Å². The molecule has 2 N–H and O–H groups in total. The minimum absolute atomic E-state index is 0.245. The van der Waals surface area contributed by atoms with Crippen LogP contribution in [0.2, 0.25) is 0 Å². The number of hydrogen-bond acceptors (Lipinski definition) is 4. The van der Waals surface area contributed by atoms with Crippen LogP contribution in [0.15, 0.2) is 36.5 Å². The van der Waals surface area contributed by atoms with Crippen molar-refractivity contribution in [3.63, 3.8) is 0 Å². The van der Waals surface area contributed by atoms with Crippen LogP contribution < -0.4 is 10.5 Å². The van der Waals surface area contributed by atoms with Crippen LogP contribution in [0, 0.1) is 0 Å². The fourth-order valence-electron chi connectivity index (χ4n) is 2.24. The van der Waals surface area contributed by atoms with E-state index in [1.165, 1.54) is 0 Å². The quantitative estimate of drug-likeness (QED) is 0.891. The maximum atomic E-state index is 6.34. The molecule has 0 aliphatic carbocycles. The van der Waals surface area contributed by atoms with E-state index in [2.05, 4.69) is 5.10 Å². The number of hydrogen-bond donors (Lipinski definition) is 1. The zero-order valence-electron chi connectivity index (χ0n) is 11.4. The molecule has 2 unspecified atom stereocenters. The van der Waals surface area contributed by atoms with Crippen molar-refractivity contribution < 1.29 is 9.47 Å². The molecule has 0 radical (unpaired) electrons. The van der Waals surface area contributed by atoms with Gasteiger partial charge in [-0.1, -0.05) is 30.3 Å². The highest BCUT2D eigenvalue weighted by molar-refractivity contribution is 5.31. The second kappa shape index (κ2) is 5.86. The molecule has 0 spiro atoms. The Labute approximate surface area is 112 Å². The van der Waals surface area contributed by atoms with Crippen LogP contribution in [0.5, 0.6) is 5.75 Å². The number of aryl methyl sites for hydroxylation is 1. The van der Waals surface area contributed by atoms with Gasteiger partial charge in [0.15, 0.2) is 5.75 Å². The topological polar surface area (TPSA) is 62.3 Å². The van der Waals surface area contributed by atoms with Crippen LogP contribution in [0.25, 0.3) is 0 Å². The van der Waals surface area contributed by atoms with Gasteiger partial charge in [0.25, 0.3) is 0 Å². The third kappa shape index (κ3) is 2.62. The first kappa shape index (κ1) is 13.6. The lowest BCUT2D eigenvalue weighted by Gasteiger charge is -2.23. The summed E-state index contributed by atoms with van der Waals surface area (Å²) in [6, 6.07) is 9.54. The molecular weight excluding hydrogens is 242 g/mol. The van der Waals surface area contributed by atoms with Crippen molar-refractivity contribution in [1.82, 2.24) is 9.78 Å². The third-order valence-corrected chi connectivity index (χ3v) is 3.19. The van der Waals surface area contributed by atoms with Crippen molar-refractivity contribution >= 4 is 0 Å². The van der Waals surface area contributed by atoms with Crippen molar-refractivity contribution in [3.8, 4) is 5.75 Å². The van der Waals surface area contributed by atoms with Gasteiger partial charge in [0.2, 0.25) is 0 Å². The zero-order valence-corrected chi connectivity index (χ0v) is 11.4. The van der Waals surface area contributed by atoms with Gasteiger partial charge >= 0.3 is 0 Å². The first-order valence-electron chi connectivity index (χ1n) is 6.08. The van der Waals surface area contributed by atoms with E-state index in [1.807, 2.05) is 37.4 Å². The Morgan fingerprint density at radius 1 is 1.21 bits per heavy atom. The summed E-state index contributed by atoms with van der Waals surface area (Å²) in [5, 5.41) is 4.17. The molecule has 0 bridgehead atoms. The molecule has 5 nitrogen and oxygen atoms in total. The molecule has 1 heterocycles. The van der Waals surface area contributed by atoms with Crippen LogP contribution in [-0.4, -0.2) is 24.0 Å². The van der Waals surface area contributed by atoms with Crippen LogP contribution in [-0.2, 0) is 11.8 Å². The van der Waals surface area contributed by atoms with Gasteiger partial charge < -0.3 is 15.2 Å². The highest BCUT2D eigenvalue weighted by Gasteiger charge is 2.26. The molecule has 0 fully saturated rings. The fourth-order valence-corrected chi connectivity index (χ4v) is 2.24. The summed E-state index contributed by atoms with van der Waals surface area (Å²) >= 11 is 0. The first-order chi connectivity index (χ1) is 9.19. The van der Waals surface area contributed by atoms with Gasteiger partial charge in [0.1, 0.15) is 6.10 Å². The Morgan fingerprint density at radius 2 is 1.89 bits per heavy atom. The summed E-state index contributed by atoms with van der Waals surface area (Å²) in [4.78, 5) is 0. The number of nitrogens with two attached hydrogens (primary N) is 1. The molecule has 1 aromatic heterocycles. The summed E-state index contributed by atoms with van der Waals surface area (Å²) in [5.41, 5.74) is 8.18. The Hall–Kier alpha value is -1.85. The molecule has 2 aromatic rings. The van der Waals surface area contributed by atoms with Crippen molar-refractivity contribution in [3.05, 3.63) is 47.8 Å². The van der Waals surface area contributed by atoms with E-state index >= 15 is 0 Å². The number of aromatic nitrogens is 2. The predicted octanol–water partition coefficient (Wildman–Crippen LogP) is 1.82. The smallest absolute Gasteiger partial charge is 0.161 e. The van der Waals surface area contributed by atoms with Crippen LogP contribution in [0.3, 0.4) is 0 Å². The number of nitrogens with zero attached hydrogens (tertiary/aromatic N) is 2. The highest BCUT2D eigenvalue weighted by Crippen LogP contribution is 2.33. The van der Waals surface area contributed by atoms with Crippen molar-refractivity contribution in [2.24, 2.45) is 12.8 Å². The highest BCUT2D eigenvalue weighted by atomic mass is 16.5. The van der Waals surface area contributed by atoms with E-state index in [1.54, 1.807) is 25.1 Å². The zero-order chi connectivity index (χ0) is 13.8. The maximum Gasteiger partial charge on any atom is 0.161 e. The summed E-state index contributed by atoms with van der Waals surface area (Å²) < 4.78 is 12.6. The van der Waals surface area contributed by atoms with Gasteiger partial charge in [-0.2, -0.15) is 5.10 Å². The average molecular weight is 261 g/mol. The number of benzene rings is 1. The Morgan fingerprint density at radius 3 is 2.47 bits per heavy atom. The van der Waals surface area contributed by atoms with Gasteiger partial charge in [0, 0.05) is 14.2 Å². The number of methoxy groups -OCH3 is 2. The molecular formula is C14H19N3O2. The standard InChI is InChI=1S/C14H19N3O2/c1-17-13(11(18-2)9-16-17)12(15)14(19-3)10-7-5-4-6-8-10/h4-9,12,14H,15H2,1-3H3. The SMILES string of the molecule is COc1cnn(C)c1C(N)C(OC)c1ccccc1. The van der Waals surface area contributed by atoms with E-state index in [0.717, 1.165) is 11.3 Å². The Balaban J connectivity index is 2.36. The van der Waals surface area contributed by atoms with Crippen LogP contribution >= 0.6 is 0 Å². The number of ether oxygens (including phenoxy) is 2. The van der Waals surface area contributed by atoms with Gasteiger partial charge in [-0.05, 0) is 5.56 Å². The van der Waals surface area contributed by atoms with Crippen molar-refractivity contribution in [1.29, 1.82) is 0 Å². The molecule has 19 heavy (non-hydrogen) atoms. The fraction of sp³-hybridized carbons (Fsp3) is 0.357. The van der Waals surface area contributed by atoms with E-state index in [-0.39, 0.29) is 12.1 Å². The molecule has 5 heteroatoms. The molecule has 0 aliphatic heterocycles. The van der Waals surface area contributed by atoms with E-state index in [9.17, 15) is 0 Å². The monoisotopic (exact) mass is 261 g/mol. The molecule has 2 rings (SSSR count). The van der Waals surface area contributed by atoms with Crippen LogP contribution in [0.4, 0.5) is 0 Å². The van der Waals surface area contributed by atoms with Crippen LogP contribution in [0.1, 0.15) is 23.4 Å². The number of rotatable bonds is 5. The lowest BCUT2D eigenvalue weighted by Crippen LogP contribution is -2.24. The normalized spacial score (nSPS) is 14.1. The van der Waals surface area contributed by atoms with Crippen molar-refractivity contribution in [2.75, 3.05) is 14.2 Å². The van der Waals surface area contributed by atoms with E-state index < -0.39 is 0 Å². The summed E-state index contributed by atoms with van der Waals surface area (Å²) in [5.74, 6) is 0.674. The summed E-state index contributed by atoms with van der Waals surface area (Å²) in [6.45, 7) is 0. The lowest BCUT2D eigenvalue weighted by atomic mass is 10.00. The molecule has 2 atom stereocenters. The Kier molecular flexibility index (Phi) is 4.19. The summed E-state index contributed by atoms with van der Waals surface area (Å²) in [6.07, 6.45) is 1.41. The summed E-state index contributed by atoms with van der Waals surface area (Å²) in [7, 11) is 5.10. The molecule has 0 aliphatic rings. The second-order valence-electron chi connectivity index (χ2n) is 4.31. The first-order valence-corrected chi connectivity index (χ1v) is 6.08. The van der Waals surface area contributed by atoms with Gasteiger partial charge in [-0.25, -0.2) is 0 Å².